The quantitative estimate of drug-likeness (QED) is 0.374. The van der Waals surface area contributed by atoms with Crippen molar-refractivity contribution in [1.82, 2.24) is 19.4 Å². The molecule has 0 spiro atoms. The smallest absolute Gasteiger partial charge is 0.159 e. The monoisotopic (exact) mass is 445 g/mol. The van der Waals surface area contributed by atoms with E-state index >= 15 is 0 Å². The molecule has 3 aromatic carbocycles. The van der Waals surface area contributed by atoms with Gasteiger partial charge in [-0.05, 0) is 41.5 Å². The Morgan fingerprint density at radius 2 is 1.65 bits per heavy atom. The summed E-state index contributed by atoms with van der Waals surface area (Å²) in [7, 11) is 0. The summed E-state index contributed by atoms with van der Waals surface area (Å²) in [4.78, 5) is 12.0. The van der Waals surface area contributed by atoms with Crippen LogP contribution in [0.3, 0.4) is 0 Å². The molecule has 6 rings (SSSR count). The maximum atomic E-state index is 5.82. The minimum atomic E-state index is 0.752. The second kappa shape index (κ2) is 8.76. The summed E-state index contributed by atoms with van der Waals surface area (Å²) in [5.74, 6) is 0.774. The normalized spacial score (nSPS) is 13.8. The molecule has 0 saturated carbocycles. The number of nitrogens with two attached hydrogens (primary N) is 1. The minimum Gasteiger partial charge on any atom is -0.399 e. The number of benzene rings is 3. The van der Waals surface area contributed by atoms with Crippen LogP contribution in [-0.4, -0.2) is 26.0 Å². The van der Waals surface area contributed by atoms with E-state index in [1.807, 2.05) is 30.5 Å². The minimum absolute atomic E-state index is 0.752. The van der Waals surface area contributed by atoms with Crippen LogP contribution in [0.4, 0.5) is 5.69 Å². The van der Waals surface area contributed by atoms with Crippen molar-refractivity contribution in [2.45, 2.75) is 26.1 Å². The number of aromatic nitrogens is 3. The van der Waals surface area contributed by atoms with Gasteiger partial charge >= 0.3 is 0 Å². The first-order valence-corrected chi connectivity index (χ1v) is 11.8. The van der Waals surface area contributed by atoms with E-state index in [0.717, 1.165) is 55.4 Å². The number of fused-ring (bicyclic) bond motifs is 2. The summed E-state index contributed by atoms with van der Waals surface area (Å²) in [6, 6.07) is 27.1. The molecule has 0 atom stereocenters. The highest BCUT2D eigenvalue weighted by atomic mass is 15.1. The van der Waals surface area contributed by atoms with Crippen molar-refractivity contribution in [3.63, 3.8) is 0 Å². The van der Waals surface area contributed by atoms with Crippen LogP contribution in [0.25, 0.3) is 22.3 Å². The van der Waals surface area contributed by atoms with Gasteiger partial charge < -0.3 is 10.3 Å². The summed E-state index contributed by atoms with van der Waals surface area (Å²) in [6.07, 6.45) is 5.26. The molecule has 5 aromatic rings. The van der Waals surface area contributed by atoms with Gasteiger partial charge in [-0.25, -0.2) is 9.97 Å². The zero-order chi connectivity index (χ0) is 22.9. The van der Waals surface area contributed by atoms with Crippen LogP contribution in [0.15, 0.2) is 91.3 Å². The zero-order valence-electron chi connectivity index (χ0n) is 19.1. The molecule has 1 aliphatic heterocycles. The predicted molar refractivity (Wildman–Crippen MR) is 137 cm³/mol. The molecule has 34 heavy (non-hydrogen) atoms. The molecular weight excluding hydrogens is 418 g/mol. The van der Waals surface area contributed by atoms with Gasteiger partial charge in [0.2, 0.25) is 0 Å². The fraction of sp³-hybridized carbons (Fsp3) is 0.172. The largest absolute Gasteiger partial charge is 0.399 e. The summed E-state index contributed by atoms with van der Waals surface area (Å²) in [5.41, 5.74) is 13.9. The lowest BCUT2D eigenvalue weighted by atomic mass is 10.1. The highest BCUT2D eigenvalue weighted by molar-refractivity contribution is 5.84. The molecule has 168 valence electrons. The zero-order valence-corrected chi connectivity index (χ0v) is 19.1. The highest BCUT2D eigenvalue weighted by Gasteiger charge is 2.20. The Morgan fingerprint density at radius 3 is 2.50 bits per heavy atom. The van der Waals surface area contributed by atoms with E-state index in [2.05, 4.69) is 75.2 Å². The van der Waals surface area contributed by atoms with Gasteiger partial charge in [0.1, 0.15) is 0 Å². The van der Waals surface area contributed by atoms with Crippen LogP contribution in [0.1, 0.15) is 22.4 Å². The van der Waals surface area contributed by atoms with Crippen molar-refractivity contribution in [3.8, 4) is 11.4 Å². The lowest BCUT2D eigenvalue weighted by Gasteiger charge is -2.28. The molecule has 3 heterocycles. The van der Waals surface area contributed by atoms with E-state index in [9.17, 15) is 0 Å². The van der Waals surface area contributed by atoms with Crippen LogP contribution in [0.2, 0.25) is 0 Å². The second-order valence-corrected chi connectivity index (χ2v) is 9.03. The van der Waals surface area contributed by atoms with Crippen LogP contribution < -0.4 is 5.73 Å². The molecule has 0 bridgehead atoms. The third kappa shape index (κ3) is 4.06. The Balaban J connectivity index is 1.23. The van der Waals surface area contributed by atoms with Gasteiger partial charge in [-0.2, -0.15) is 0 Å². The van der Waals surface area contributed by atoms with Crippen molar-refractivity contribution in [2.75, 3.05) is 12.3 Å². The molecule has 0 amide bonds. The van der Waals surface area contributed by atoms with Crippen LogP contribution in [0, 0.1) is 0 Å². The van der Waals surface area contributed by atoms with E-state index in [1.165, 1.54) is 27.6 Å². The second-order valence-electron chi connectivity index (χ2n) is 9.03. The third-order valence-corrected chi connectivity index (χ3v) is 6.64. The first-order valence-electron chi connectivity index (χ1n) is 11.8. The molecule has 5 nitrogen and oxygen atoms in total. The molecule has 0 unspecified atom stereocenters. The molecule has 0 radical (unpaired) electrons. The average molecular weight is 446 g/mol. The summed E-state index contributed by atoms with van der Waals surface area (Å²) >= 11 is 0. The molecule has 2 aromatic heterocycles. The predicted octanol–water partition coefficient (Wildman–Crippen LogP) is 5.29. The van der Waals surface area contributed by atoms with Crippen molar-refractivity contribution in [2.24, 2.45) is 0 Å². The Hall–Kier alpha value is -3.96. The number of nitrogen functional groups attached to an aromatic ring is 1. The van der Waals surface area contributed by atoms with Gasteiger partial charge in [0, 0.05) is 72.7 Å². The molecule has 0 aliphatic carbocycles. The average Bonchev–Trinajstić information content (AvgIpc) is 3.22. The van der Waals surface area contributed by atoms with Gasteiger partial charge in [-0.15, -0.1) is 0 Å². The van der Waals surface area contributed by atoms with E-state index in [4.69, 9.17) is 10.7 Å². The van der Waals surface area contributed by atoms with Gasteiger partial charge in [-0.1, -0.05) is 48.5 Å². The van der Waals surface area contributed by atoms with E-state index in [1.54, 1.807) is 0 Å². The number of hydrogen-bond donors (Lipinski definition) is 1. The number of anilines is 1. The maximum absolute atomic E-state index is 5.82. The van der Waals surface area contributed by atoms with Crippen LogP contribution >= 0.6 is 0 Å². The number of hydrogen-bond acceptors (Lipinski definition) is 4. The van der Waals surface area contributed by atoms with Crippen LogP contribution in [-0.2, 0) is 26.1 Å². The Kier molecular flexibility index (Phi) is 5.32. The standard InChI is InChI=1S/C29H27N5/c30-25-12-10-22(11-13-25)29-31-16-23-18-33(15-14-27(23)32-29)19-24-20-34(17-21-6-2-1-3-7-21)28-9-5-4-8-26(24)28/h1-13,16,20H,14-15,17-19,30H2. The number of rotatable bonds is 5. The van der Waals surface area contributed by atoms with Gasteiger partial charge in [0.15, 0.2) is 5.82 Å². The Morgan fingerprint density at radius 1 is 0.853 bits per heavy atom. The lowest BCUT2D eigenvalue weighted by Crippen LogP contribution is -2.30. The summed E-state index contributed by atoms with van der Waals surface area (Å²) in [6.45, 7) is 3.66. The molecule has 5 heteroatoms. The van der Waals surface area contributed by atoms with E-state index in [0.29, 0.717) is 0 Å². The summed E-state index contributed by atoms with van der Waals surface area (Å²) < 4.78 is 2.37. The van der Waals surface area contributed by atoms with Crippen molar-refractivity contribution in [1.29, 1.82) is 0 Å². The molecule has 0 saturated heterocycles. The van der Waals surface area contributed by atoms with Crippen molar-refractivity contribution >= 4 is 16.6 Å². The highest BCUT2D eigenvalue weighted by Crippen LogP contribution is 2.27. The number of para-hydroxylation sites is 1. The van der Waals surface area contributed by atoms with E-state index < -0.39 is 0 Å². The topological polar surface area (TPSA) is 60.0 Å². The first kappa shape index (κ1) is 20.6. The summed E-state index contributed by atoms with van der Waals surface area (Å²) in [5, 5.41) is 1.33. The molecular formula is C29H27N5. The molecule has 0 fully saturated rings. The molecule has 1 aliphatic rings. The first-order chi connectivity index (χ1) is 16.7. The number of nitrogens with zero attached hydrogens (tertiary/aromatic N) is 4. The van der Waals surface area contributed by atoms with Gasteiger partial charge in [-0.3, -0.25) is 4.90 Å². The van der Waals surface area contributed by atoms with Gasteiger partial charge in [0.05, 0.1) is 5.69 Å². The fourth-order valence-electron chi connectivity index (χ4n) is 4.88. The van der Waals surface area contributed by atoms with Gasteiger partial charge in [0.25, 0.3) is 0 Å². The Bertz CT molecular complexity index is 1440. The SMILES string of the molecule is Nc1ccc(-c2ncc3c(n2)CCN(Cc2cn(Cc4ccccc4)c4ccccc24)C3)cc1. The van der Waals surface area contributed by atoms with E-state index in [-0.39, 0.29) is 0 Å². The van der Waals surface area contributed by atoms with Crippen molar-refractivity contribution in [3.05, 3.63) is 114 Å². The van der Waals surface area contributed by atoms with Crippen LogP contribution in [0.5, 0.6) is 0 Å². The molecule has 2 N–H and O–H groups in total. The third-order valence-electron chi connectivity index (χ3n) is 6.64. The maximum Gasteiger partial charge on any atom is 0.159 e. The Labute approximate surface area is 199 Å². The van der Waals surface area contributed by atoms with Crippen molar-refractivity contribution < 1.29 is 0 Å². The fourth-order valence-corrected chi connectivity index (χ4v) is 4.88. The lowest BCUT2D eigenvalue weighted by molar-refractivity contribution is 0.243.